The second-order valence-corrected chi connectivity index (χ2v) is 8.56. The molecule has 1 N–H and O–H groups in total. The lowest BCUT2D eigenvalue weighted by Gasteiger charge is -2.26. The first-order valence-electron chi connectivity index (χ1n) is 11.0. The molecule has 1 aliphatic heterocycles. The van der Waals surface area contributed by atoms with Gasteiger partial charge in [0.25, 0.3) is 5.91 Å². The first kappa shape index (κ1) is 21.4. The Bertz CT molecular complexity index is 921. The topological polar surface area (TPSA) is 67.9 Å². The summed E-state index contributed by atoms with van der Waals surface area (Å²) in [5.74, 6) is 1.36. The fourth-order valence-corrected chi connectivity index (χ4v) is 4.05. The van der Waals surface area contributed by atoms with Gasteiger partial charge in [-0.25, -0.2) is 0 Å². The van der Waals surface area contributed by atoms with Gasteiger partial charge in [-0.2, -0.15) is 0 Å². The number of carbonyl (C=O) groups excluding carboxylic acids is 2. The number of ether oxygens (including phenoxy) is 2. The van der Waals surface area contributed by atoms with Crippen LogP contribution in [0.3, 0.4) is 0 Å². The van der Waals surface area contributed by atoms with Crippen LogP contribution in [0.5, 0.6) is 5.75 Å². The van der Waals surface area contributed by atoms with Crippen LogP contribution < -0.4 is 10.1 Å². The molecule has 4 rings (SSSR count). The van der Waals surface area contributed by atoms with E-state index in [-0.39, 0.29) is 23.8 Å². The van der Waals surface area contributed by atoms with Gasteiger partial charge in [0.2, 0.25) is 5.91 Å². The Morgan fingerprint density at radius 2 is 1.97 bits per heavy atom. The number of hydrogen-bond acceptors (Lipinski definition) is 4. The molecule has 6 heteroatoms. The van der Waals surface area contributed by atoms with Crippen molar-refractivity contribution in [2.45, 2.75) is 38.8 Å². The largest absolute Gasteiger partial charge is 0.497 e. The van der Waals surface area contributed by atoms with E-state index in [1.54, 1.807) is 31.4 Å². The summed E-state index contributed by atoms with van der Waals surface area (Å²) >= 11 is 0. The molecular weight excluding hydrogens is 392 g/mol. The number of nitrogens with one attached hydrogen (secondary N) is 1. The van der Waals surface area contributed by atoms with E-state index in [9.17, 15) is 9.59 Å². The summed E-state index contributed by atoms with van der Waals surface area (Å²) in [5, 5.41) is 2.94. The molecule has 2 aromatic rings. The molecule has 2 fully saturated rings. The van der Waals surface area contributed by atoms with Gasteiger partial charge in [-0.1, -0.05) is 19.1 Å². The van der Waals surface area contributed by atoms with Gasteiger partial charge in [0, 0.05) is 36.9 Å². The van der Waals surface area contributed by atoms with Gasteiger partial charge in [-0.15, -0.1) is 0 Å². The van der Waals surface area contributed by atoms with E-state index in [4.69, 9.17) is 9.47 Å². The van der Waals surface area contributed by atoms with Crippen LogP contribution in [-0.2, 0) is 16.1 Å². The highest BCUT2D eigenvalue weighted by molar-refractivity contribution is 5.97. The lowest BCUT2D eigenvalue weighted by molar-refractivity contribution is -0.117. The van der Waals surface area contributed by atoms with Crippen molar-refractivity contribution in [1.29, 1.82) is 0 Å². The van der Waals surface area contributed by atoms with Crippen molar-refractivity contribution in [2.24, 2.45) is 11.8 Å². The normalized spacial score (nSPS) is 22.1. The number of anilines is 1. The lowest BCUT2D eigenvalue weighted by Crippen LogP contribution is -2.37. The minimum atomic E-state index is -0.0491. The number of nitrogens with zero attached hydrogens (tertiary/aromatic N) is 1. The van der Waals surface area contributed by atoms with E-state index in [0.29, 0.717) is 24.6 Å². The minimum Gasteiger partial charge on any atom is -0.497 e. The number of amides is 2. The Morgan fingerprint density at radius 1 is 1.19 bits per heavy atom. The second-order valence-electron chi connectivity index (χ2n) is 8.56. The fourth-order valence-electron chi connectivity index (χ4n) is 4.05. The highest BCUT2D eigenvalue weighted by Gasteiger charge is 2.39. The van der Waals surface area contributed by atoms with E-state index < -0.39 is 0 Å². The van der Waals surface area contributed by atoms with Crippen LogP contribution in [0.4, 0.5) is 5.69 Å². The zero-order chi connectivity index (χ0) is 21.8. The zero-order valence-corrected chi connectivity index (χ0v) is 18.2. The van der Waals surface area contributed by atoms with Crippen molar-refractivity contribution in [3.05, 3.63) is 59.7 Å². The van der Waals surface area contributed by atoms with Crippen molar-refractivity contribution in [3.8, 4) is 5.75 Å². The highest BCUT2D eigenvalue weighted by Crippen LogP contribution is 2.38. The molecule has 164 valence electrons. The molecular formula is C25H30N2O4. The maximum absolute atomic E-state index is 13.3. The van der Waals surface area contributed by atoms with E-state index in [2.05, 4.69) is 12.2 Å². The van der Waals surface area contributed by atoms with Crippen LogP contribution in [0, 0.1) is 11.8 Å². The second kappa shape index (κ2) is 9.52. The molecule has 3 atom stereocenters. The fraction of sp³-hybridized carbons (Fsp3) is 0.440. The number of benzene rings is 2. The van der Waals surface area contributed by atoms with Crippen molar-refractivity contribution in [3.63, 3.8) is 0 Å². The molecule has 1 saturated carbocycles. The Hall–Kier alpha value is -2.86. The van der Waals surface area contributed by atoms with E-state index in [0.717, 1.165) is 42.9 Å². The molecule has 31 heavy (non-hydrogen) atoms. The molecule has 0 bridgehead atoms. The number of methoxy groups -OCH3 is 1. The van der Waals surface area contributed by atoms with Gasteiger partial charge in [0.05, 0.1) is 13.2 Å². The molecule has 1 aliphatic carbocycles. The van der Waals surface area contributed by atoms with Gasteiger partial charge in [0.15, 0.2) is 0 Å². The third-order valence-electron chi connectivity index (χ3n) is 6.09. The lowest BCUT2D eigenvalue weighted by atomic mass is 10.1. The van der Waals surface area contributed by atoms with E-state index >= 15 is 0 Å². The summed E-state index contributed by atoms with van der Waals surface area (Å²) in [6.45, 7) is 3.86. The standard InChI is InChI=1S/C25H30N2O4/c1-17-13-23(17)24(28)26-20-10-8-19(9-11-20)25(29)27(16-22-7-4-12-31-22)15-18-5-3-6-21(14-18)30-2/h3,5-6,8-11,14,17,22-23H,4,7,12-13,15-16H2,1-2H3,(H,26,28). The van der Waals surface area contributed by atoms with Crippen LogP contribution in [0.15, 0.2) is 48.5 Å². The Morgan fingerprint density at radius 3 is 2.61 bits per heavy atom. The van der Waals surface area contributed by atoms with Crippen LogP contribution >= 0.6 is 0 Å². The molecule has 0 spiro atoms. The Labute approximate surface area is 183 Å². The molecule has 0 radical (unpaired) electrons. The van der Waals surface area contributed by atoms with Crippen molar-refractivity contribution in [1.82, 2.24) is 4.90 Å². The van der Waals surface area contributed by atoms with Crippen LogP contribution in [0.1, 0.15) is 42.1 Å². The smallest absolute Gasteiger partial charge is 0.254 e. The monoisotopic (exact) mass is 422 g/mol. The third kappa shape index (κ3) is 5.44. The first-order valence-corrected chi connectivity index (χ1v) is 11.0. The number of hydrogen-bond donors (Lipinski definition) is 1. The SMILES string of the molecule is COc1cccc(CN(CC2CCCO2)C(=O)c2ccc(NC(=O)C3CC3C)cc2)c1. The van der Waals surface area contributed by atoms with Gasteiger partial charge in [-0.3, -0.25) is 9.59 Å². The molecule has 0 aromatic heterocycles. The average molecular weight is 423 g/mol. The van der Waals surface area contributed by atoms with Crippen molar-refractivity contribution in [2.75, 3.05) is 25.6 Å². The minimum absolute atomic E-state index is 0.0491. The molecule has 2 aliphatic rings. The van der Waals surface area contributed by atoms with Gasteiger partial charge in [-0.05, 0) is 67.1 Å². The van der Waals surface area contributed by atoms with Crippen LogP contribution in [-0.4, -0.2) is 43.1 Å². The van der Waals surface area contributed by atoms with Crippen molar-refractivity contribution < 1.29 is 19.1 Å². The van der Waals surface area contributed by atoms with Crippen LogP contribution in [0.2, 0.25) is 0 Å². The van der Waals surface area contributed by atoms with E-state index in [1.807, 2.05) is 29.2 Å². The van der Waals surface area contributed by atoms with Gasteiger partial charge in [0.1, 0.15) is 5.75 Å². The molecule has 3 unspecified atom stereocenters. The van der Waals surface area contributed by atoms with Gasteiger partial charge >= 0.3 is 0 Å². The predicted molar refractivity (Wildman–Crippen MR) is 119 cm³/mol. The predicted octanol–water partition coefficient (Wildman–Crippen LogP) is 4.11. The maximum atomic E-state index is 13.3. The summed E-state index contributed by atoms with van der Waals surface area (Å²) in [6.07, 6.45) is 3.01. The summed E-state index contributed by atoms with van der Waals surface area (Å²) in [5.41, 5.74) is 2.32. The molecule has 6 nitrogen and oxygen atoms in total. The van der Waals surface area contributed by atoms with E-state index in [1.165, 1.54) is 0 Å². The Balaban J connectivity index is 1.46. The maximum Gasteiger partial charge on any atom is 0.254 e. The van der Waals surface area contributed by atoms with Crippen molar-refractivity contribution >= 4 is 17.5 Å². The quantitative estimate of drug-likeness (QED) is 0.695. The summed E-state index contributed by atoms with van der Waals surface area (Å²) in [7, 11) is 1.64. The first-order chi connectivity index (χ1) is 15.0. The zero-order valence-electron chi connectivity index (χ0n) is 18.2. The molecule has 2 aromatic carbocycles. The molecule has 1 saturated heterocycles. The van der Waals surface area contributed by atoms with Crippen LogP contribution in [0.25, 0.3) is 0 Å². The molecule has 2 amide bonds. The Kier molecular flexibility index (Phi) is 6.56. The third-order valence-corrected chi connectivity index (χ3v) is 6.09. The summed E-state index contributed by atoms with van der Waals surface area (Å²) < 4.78 is 11.1. The highest BCUT2D eigenvalue weighted by atomic mass is 16.5. The average Bonchev–Trinajstić information content (AvgIpc) is 3.30. The molecule has 1 heterocycles. The summed E-state index contributed by atoms with van der Waals surface area (Å²) in [4.78, 5) is 27.3. The number of carbonyl (C=O) groups is 2. The van der Waals surface area contributed by atoms with Gasteiger partial charge < -0.3 is 19.7 Å². The summed E-state index contributed by atoms with van der Waals surface area (Å²) in [6, 6.07) is 14.9. The number of rotatable bonds is 8.